The van der Waals surface area contributed by atoms with Crippen LogP contribution in [0.4, 0.5) is 0 Å². The highest BCUT2D eigenvalue weighted by atomic mass is 35.5. The summed E-state index contributed by atoms with van der Waals surface area (Å²) in [5.74, 6) is -1.34. The van der Waals surface area contributed by atoms with E-state index in [0.29, 0.717) is 53.7 Å². The van der Waals surface area contributed by atoms with E-state index in [9.17, 15) is 27.9 Å². The van der Waals surface area contributed by atoms with Crippen molar-refractivity contribution >= 4 is 71.7 Å². The van der Waals surface area contributed by atoms with E-state index in [0.717, 1.165) is 22.5 Å². The largest absolute Gasteiger partial charge is 0.493 e. The molecule has 2 aliphatic rings. The van der Waals surface area contributed by atoms with Crippen molar-refractivity contribution in [1.82, 2.24) is 24.8 Å². The van der Waals surface area contributed by atoms with Crippen molar-refractivity contribution in [3.8, 4) is 5.88 Å². The molecule has 0 radical (unpaired) electrons. The maximum Gasteiger partial charge on any atom is 0.252 e. The second kappa shape index (κ2) is 12.3. The quantitative estimate of drug-likeness (QED) is 0.263. The lowest BCUT2D eigenvalue weighted by Gasteiger charge is -2.34. The van der Waals surface area contributed by atoms with Crippen molar-refractivity contribution in [3.05, 3.63) is 65.2 Å². The van der Waals surface area contributed by atoms with Gasteiger partial charge in [0.2, 0.25) is 17.7 Å². The van der Waals surface area contributed by atoms with E-state index >= 15 is 0 Å². The molecule has 14 heteroatoms. The lowest BCUT2D eigenvalue weighted by Crippen LogP contribution is -2.55. The van der Waals surface area contributed by atoms with Crippen LogP contribution >= 0.6 is 22.9 Å². The Morgan fingerprint density at radius 3 is 2.70 bits per heavy atom. The summed E-state index contributed by atoms with van der Waals surface area (Å²) in [6.07, 6.45) is 2.31. The highest BCUT2D eigenvalue weighted by Crippen LogP contribution is 2.31. The molecule has 44 heavy (non-hydrogen) atoms. The third-order valence-electron chi connectivity index (χ3n) is 8.02. The standard InChI is InChI=1S/C30H30ClN5O6S2/c31-19-9-10-25-18(13-19)14-28(43-25)44(41,42)34-24-8-4-11-35(30(24)40)17-27(38)36-12-3-5-20(36)16-32-29(39)22-15-26(37)33-23-7-2-1-6-21(22)23/h1-2,6-7,9-10,13-15,20,24,34H,3-5,8,11-12,16-17H2,(H,32,39)(H,33,37)/t20-,24-/m0/s1. The van der Waals surface area contributed by atoms with E-state index in [1.807, 2.05) is 0 Å². The average molecular weight is 656 g/mol. The number of hydrogen-bond donors (Lipinski definition) is 3. The van der Waals surface area contributed by atoms with Gasteiger partial charge in [-0.2, -0.15) is 4.72 Å². The lowest BCUT2D eigenvalue weighted by atomic mass is 10.1. The highest BCUT2D eigenvalue weighted by Gasteiger charge is 2.36. The number of likely N-dealkylation sites (tertiary alicyclic amines) is 2. The topological polar surface area (TPSA) is 149 Å². The molecule has 0 saturated carbocycles. The van der Waals surface area contributed by atoms with E-state index in [-0.39, 0.29) is 46.6 Å². The lowest BCUT2D eigenvalue weighted by molar-refractivity contribution is -0.143. The molecule has 11 nitrogen and oxygen atoms in total. The number of para-hydroxylation sites is 1. The summed E-state index contributed by atoms with van der Waals surface area (Å²) in [6, 6.07) is 13.8. The van der Waals surface area contributed by atoms with E-state index in [2.05, 4.69) is 15.0 Å². The van der Waals surface area contributed by atoms with Crippen molar-refractivity contribution in [3.63, 3.8) is 0 Å². The minimum atomic E-state index is -3.98. The number of halogens is 1. The molecule has 0 aliphatic carbocycles. The molecule has 4 aromatic rings. The van der Waals surface area contributed by atoms with Gasteiger partial charge in [-0.1, -0.05) is 29.8 Å². The number of pyridine rings is 1. The van der Waals surface area contributed by atoms with Crippen LogP contribution in [0.15, 0.2) is 58.8 Å². The van der Waals surface area contributed by atoms with Crippen LogP contribution in [0.1, 0.15) is 36.0 Å². The van der Waals surface area contributed by atoms with Gasteiger partial charge in [0, 0.05) is 46.9 Å². The third kappa shape index (κ3) is 6.23. The fraction of sp³-hybridized carbons (Fsp3) is 0.333. The van der Waals surface area contributed by atoms with Crippen molar-refractivity contribution in [2.75, 3.05) is 26.2 Å². The fourth-order valence-corrected chi connectivity index (χ4v) is 8.66. The number of piperidine rings is 1. The Kier molecular flexibility index (Phi) is 8.46. The van der Waals surface area contributed by atoms with Gasteiger partial charge in [-0.25, -0.2) is 13.4 Å². The second-order valence-corrected chi connectivity index (χ2v) is 14.4. The number of sulfonamides is 1. The van der Waals surface area contributed by atoms with Crippen LogP contribution in [0.3, 0.4) is 0 Å². The molecule has 2 saturated heterocycles. The maximum absolute atomic E-state index is 13.4. The number of benzene rings is 2. The Hall–Kier alpha value is -3.78. The number of hydrogen-bond acceptors (Lipinski definition) is 8. The van der Waals surface area contributed by atoms with Crippen molar-refractivity contribution in [2.24, 2.45) is 0 Å². The van der Waals surface area contributed by atoms with Gasteiger partial charge in [-0.3, -0.25) is 14.4 Å². The van der Waals surface area contributed by atoms with Gasteiger partial charge in [0.25, 0.3) is 15.9 Å². The number of carbonyl (C=O) groups excluding carboxylic acids is 3. The molecule has 2 aromatic carbocycles. The summed E-state index contributed by atoms with van der Waals surface area (Å²) in [4.78, 5) is 46.9. The molecule has 6 rings (SSSR count). The Morgan fingerprint density at radius 2 is 1.86 bits per heavy atom. The van der Waals surface area contributed by atoms with Gasteiger partial charge < -0.3 is 20.2 Å². The first-order valence-corrected chi connectivity index (χ1v) is 16.9. The second-order valence-electron chi connectivity index (χ2n) is 11.0. The van der Waals surface area contributed by atoms with Crippen molar-refractivity contribution in [1.29, 1.82) is 0 Å². The number of thiophene rings is 1. The summed E-state index contributed by atoms with van der Waals surface area (Å²) in [5.41, 5.74) is 0.784. The Balaban J connectivity index is 1.08. The number of aromatic hydroxyl groups is 1. The first kappa shape index (κ1) is 30.3. The van der Waals surface area contributed by atoms with E-state index in [1.54, 1.807) is 47.4 Å². The number of rotatable bonds is 8. The minimum absolute atomic E-state index is 0.0905. The molecule has 0 bridgehead atoms. The van der Waals surface area contributed by atoms with Gasteiger partial charge in [0.15, 0.2) is 0 Å². The predicted octanol–water partition coefficient (Wildman–Crippen LogP) is 3.50. The van der Waals surface area contributed by atoms with Gasteiger partial charge in [-0.05, 0) is 61.4 Å². The van der Waals surface area contributed by atoms with E-state index < -0.39 is 22.0 Å². The van der Waals surface area contributed by atoms with Crippen LogP contribution in [-0.2, 0) is 19.6 Å². The smallest absolute Gasteiger partial charge is 0.252 e. The summed E-state index contributed by atoms with van der Waals surface area (Å²) in [6.45, 7) is 0.870. The molecule has 2 atom stereocenters. The molecule has 0 unspecified atom stereocenters. The number of nitrogens with one attached hydrogen (secondary N) is 2. The van der Waals surface area contributed by atoms with E-state index in [1.165, 1.54) is 17.0 Å². The van der Waals surface area contributed by atoms with E-state index in [4.69, 9.17) is 11.6 Å². The van der Waals surface area contributed by atoms with Gasteiger partial charge in [-0.15, -0.1) is 11.3 Å². The molecule has 3 amide bonds. The van der Waals surface area contributed by atoms with Crippen LogP contribution in [0.5, 0.6) is 5.88 Å². The summed E-state index contributed by atoms with van der Waals surface area (Å²) >= 11 is 7.14. The molecule has 3 N–H and O–H groups in total. The Bertz CT molecular complexity index is 1880. The number of aromatic nitrogens is 1. The van der Waals surface area contributed by atoms with Crippen LogP contribution in [-0.4, -0.2) is 84.3 Å². The maximum atomic E-state index is 13.4. The summed E-state index contributed by atoms with van der Waals surface area (Å²) in [5, 5.41) is 14.7. The van der Waals surface area contributed by atoms with Gasteiger partial charge >= 0.3 is 0 Å². The average Bonchev–Trinajstić information content (AvgIpc) is 3.65. The van der Waals surface area contributed by atoms with Gasteiger partial charge in [0.1, 0.15) is 10.3 Å². The monoisotopic (exact) mass is 655 g/mol. The first-order valence-electron chi connectivity index (χ1n) is 14.3. The minimum Gasteiger partial charge on any atom is -0.493 e. The van der Waals surface area contributed by atoms with Crippen LogP contribution < -0.4 is 10.0 Å². The Morgan fingerprint density at radius 1 is 1.07 bits per heavy atom. The zero-order valence-electron chi connectivity index (χ0n) is 23.5. The molecule has 230 valence electrons. The van der Waals surface area contributed by atoms with Crippen LogP contribution in [0, 0.1) is 0 Å². The zero-order chi connectivity index (χ0) is 31.0. The SMILES string of the molecule is O=C(NC[C@@H]1CCCN1C(=O)CN1CCC[C@H](NS(=O)(=O)c2cc3cc(Cl)ccc3s2)C1=O)c1cc(O)nc2ccccc12. The molecule has 2 aliphatic heterocycles. The molecule has 0 spiro atoms. The van der Waals surface area contributed by atoms with Crippen molar-refractivity contribution in [2.45, 2.75) is 42.0 Å². The molecule has 2 fully saturated rings. The molecular formula is C30H30ClN5O6S2. The molecule has 2 aromatic heterocycles. The van der Waals surface area contributed by atoms with Crippen LogP contribution in [0.25, 0.3) is 21.0 Å². The highest BCUT2D eigenvalue weighted by molar-refractivity contribution is 7.91. The zero-order valence-corrected chi connectivity index (χ0v) is 25.9. The summed E-state index contributed by atoms with van der Waals surface area (Å²) < 4.78 is 29.7. The number of nitrogens with zero attached hydrogens (tertiary/aromatic N) is 3. The molecule has 4 heterocycles. The van der Waals surface area contributed by atoms with Crippen LogP contribution in [0.2, 0.25) is 5.02 Å². The number of amides is 3. The first-order chi connectivity index (χ1) is 21.1. The molecular weight excluding hydrogens is 626 g/mol. The fourth-order valence-electron chi connectivity index (χ4n) is 5.86. The Labute approximate surface area is 262 Å². The number of carbonyl (C=O) groups is 3. The van der Waals surface area contributed by atoms with Gasteiger partial charge in [0.05, 0.1) is 17.6 Å². The third-order valence-corrected chi connectivity index (χ3v) is 11.3. The predicted molar refractivity (Wildman–Crippen MR) is 167 cm³/mol. The number of fused-ring (bicyclic) bond motifs is 2. The van der Waals surface area contributed by atoms with Crippen molar-refractivity contribution < 1.29 is 27.9 Å². The normalized spacial score (nSPS) is 19.2. The summed E-state index contributed by atoms with van der Waals surface area (Å²) in [7, 11) is -3.98.